The molecule has 0 bridgehead atoms. The maximum atomic E-state index is 12.6. The van der Waals surface area contributed by atoms with E-state index in [0.29, 0.717) is 17.9 Å². The minimum atomic E-state index is -4.12. The molecule has 1 saturated carbocycles. The minimum absolute atomic E-state index is 0.0212. The Morgan fingerprint density at radius 3 is 2.40 bits per heavy atom. The average molecular weight is 305 g/mol. The van der Waals surface area contributed by atoms with Gasteiger partial charge in [-0.2, -0.15) is 13.2 Å². The number of hydrogen-bond donors (Lipinski definition) is 0. The molecule has 0 N–H and O–H groups in total. The summed E-state index contributed by atoms with van der Waals surface area (Å²) in [6, 6.07) is 7.03. The largest absolute Gasteiger partial charge is 0.391 e. The first-order valence-corrected chi connectivity index (χ1v) is 7.08. The summed E-state index contributed by atoms with van der Waals surface area (Å²) in [5, 5.41) is 0.566. The van der Waals surface area contributed by atoms with Gasteiger partial charge >= 0.3 is 6.18 Å². The summed E-state index contributed by atoms with van der Waals surface area (Å²) < 4.78 is 37.7. The van der Waals surface area contributed by atoms with Crippen molar-refractivity contribution in [3.8, 4) is 0 Å². The van der Waals surface area contributed by atoms with Gasteiger partial charge in [-0.1, -0.05) is 23.7 Å². The van der Waals surface area contributed by atoms with Crippen LogP contribution in [0.2, 0.25) is 5.02 Å². The summed E-state index contributed by atoms with van der Waals surface area (Å²) in [7, 11) is 0. The second-order valence-electron chi connectivity index (χ2n) is 5.36. The first kappa shape index (κ1) is 15.4. The maximum Gasteiger partial charge on any atom is 0.391 e. The predicted molar refractivity (Wildman–Crippen MR) is 71.7 cm³/mol. The van der Waals surface area contributed by atoms with Gasteiger partial charge in [0.25, 0.3) is 0 Å². The minimum Gasteiger partial charge on any atom is -0.299 e. The van der Waals surface area contributed by atoms with E-state index in [2.05, 4.69) is 0 Å². The Morgan fingerprint density at radius 2 is 1.85 bits per heavy atom. The third-order valence-electron chi connectivity index (χ3n) is 3.91. The molecule has 1 aromatic carbocycles. The summed E-state index contributed by atoms with van der Waals surface area (Å²) in [4.78, 5) is 12.1. The predicted octanol–water partition coefficient (Wildman–Crippen LogP) is 4.82. The first-order chi connectivity index (χ1) is 9.36. The van der Waals surface area contributed by atoms with Crippen LogP contribution in [0.1, 0.15) is 31.2 Å². The third-order valence-corrected chi connectivity index (χ3v) is 4.15. The van der Waals surface area contributed by atoms with Crippen LogP contribution in [0.25, 0.3) is 0 Å². The molecule has 110 valence electrons. The van der Waals surface area contributed by atoms with E-state index >= 15 is 0 Å². The van der Waals surface area contributed by atoms with E-state index in [-0.39, 0.29) is 31.0 Å². The molecule has 1 aliphatic carbocycles. The van der Waals surface area contributed by atoms with Crippen molar-refractivity contribution >= 4 is 17.4 Å². The Hall–Kier alpha value is -1.03. The Bertz CT molecular complexity index is 476. The van der Waals surface area contributed by atoms with E-state index in [0.717, 1.165) is 5.56 Å². The molecule has 0 amide bonds. The van der Waals surface area contributed by atoms with Crippen LogP contribution < -0.4 is 0 Å². The van der Waals surface area contributed by atoms with E-state index in [4.69, 9.17) is 11.6 Å². The molecule has 0 heterocycles. The second kappa shape index (κ2) is 6.17. The highest BCUT2D eigenvalue weighted by Gasteiger charge is 2.42. The standard InChI is InChI=1S/C15H16ClF3O/c16-13-3-1-2-10(8-13)9-14(20)11-4-6-12(7-5-11)15(17,18)19/h1-3,8,11-12H,4-7,9H2. The lowest BCUT2D eigenvalue weighted by Crippen LogP contribution is -2.30. The van der Waals surface area contributed by atoms with Gasteiger partial charge in [0.2, 0.25) is 0 Å². The van der Waals surface area contributed by atoms with Crippen LogP contribution >= 0.6 is 11.6 Å². The van der Waals surface area contributed by atoms with Crippen LogP contribution in [0.15, 0.2) is 24.3 Å². The molecule has 0 radical (unpaired) electrons. The highest BCUT2D eigenvalue weighted by Crippen LogP contribution is 2.39. The van der Waals surface area contributed by atoms with Gasteiger partial charge in [-0.15, -0.1) is 0 Å². The molecule has 0 atom stereocenters. The van der Waals surface area contributed by atoms with Crippen LogP contribution in [-0.4, -0.2) is 12.0 Å². The first-order valence-electron chi connectivity index (χ1n) is 6.70. The highest BCUT2D eigenvalue weighted by molar-refractivity contribution is 6.30. The average Bonchev–Trinajstić information content (AvgIpc) is 2.38. The van der Waals surface area contributed by atoms with Gasteiger partial charge in [-0.25, -0.2) is 0 Å². The number of hydrogen-bond acceptors (Lipinski definition) is 1. The fourth-order valence-electron chi connectivity index (χ4n) is 2.74. The van der Waals surface area contributed by atoms with Crippen molar-refractivity contribution in [2.24, 2.45) is 11.8 Å². The summed E-state index contributed by atoms with van der Waals surface area (Å²) in [6.45, 7) is 0. The van der Waals surface area contributed by atoms with Gasteiger partial charge in [0.1, 0.15) is 5.78 Å². The number of alkyl halides is 3. The van der Waals surface area contributed by atoms with E-state index in [1.165, 1.54) is 0 Å². The number of carbonyl (C=O) groups excluding carboxylic acids is 1. The Labute approximate surface area is 121 Å². The zero-order valence-corrected chi connectivity index (χ0v) is 11.7. The highest BCUT2D eigenvalue weighted by atomic mass is 35.5. The normalized spacial score (nSPS) is 23.6. The molecule has 2 rings (SSSR count). The number of Topliss-reactive ketones (excluding diaryl/α,β-unsaturated/α-hetero) is 1. The molecule has 1 fully saturated rings. The fourth-order valence-corrected chi connectivity index (χ4v) is 2.95. The van der Waals surface area contributed by atoms with Crippen molar-refractivity contribution in [1.82, 2.24) is 0 Å². The van der Waals surface area contributed by atoms with E-state index in [1.54, 1.807) is 18.2 Å². The molecule has 0 saturated heterocycles. The Balaban J connectivity index is 1.89. The van der Waals surface area contributed by atoms with E-state index in [1.807, 2.05) is 6.07 Å². The molecule has 0 spiro atoms. The molecule has 5 heteroatoms. The van der Waals surface area contributed by atoms with Crippen molar-refractivity contribution < 1.29 is 18.0 Å². The van der Waals surface area contributed by atoms with Crippen LogP contribution in [0.4, 0.5) is 13.2 Å². The molecule has 0 unspecified atom stereocenters. The van der Waals surface area contributed by atoms with Gasteiger partial charge in [0, 0.05) is 17.4 Å². The fraction of sp³-hybridized carbons (Fsp3) is 0.533. The number of ketones is 1. The van der Waals surface area contributed by atoms with Gasteiger partial charge in [0.15, 0.2) is 0 Å². The molecular weight excluding hydrogens is 289 g/mol. The summed E-state index contributed by atoms with van der Waals surface area (Å²) in [5.41, 5.74) is 0.820. The number of halogens is 4. The second-order valence-corrected chi connectivity index (χ2v) is 5.80. The van der Waals surface area contributed by atoms with Crippen LogP contribution in [-0.2, 0) is 11.2 Å². The molecule has 0 aliphatic heterocycles. The molecule has 1 aromatic rings. The Kier molecular flexibility index (Phi) is 4.74. The topological polar surface area (TPSA) is 17.1 Å². The van der Waals surface area contributed by atoms with Gasteiger partial charge in [-0.3, -0.25) is 4.79 Å². The molecule has 0 aromatic heterocycles. The molecule has 1 nitrogen and oxygen atoms in total. The monoisotopic (exact) mass is 304 g/mol. The van der Waals surface area contributed by atoms with E-state index < -0.39 is 12.1 Å². The summed E-state index contributed by atoms with van der Waals surface area (Å²) in [6.07, 6.45) is -3.07. The van der Waals surface area contributed by atoms with Crippen LogP contribution in [0, 0.1) is 11.8 Å². The van der Waals surface area contributed by atoms with Crippen molar-refractivity contribution in [2.45, 2.75) is 38.3 Å². The van der Waals surface area contributed by atoms with Crippen molar-refractivity contribution in [3.05, 3.63) is 34.9 Å². The van der Waals surface area contributed by atoms with Crippen molar-refractivity contribution in [3.63, 3.8) is 0 Å². The van der Waals surface area contributed by atoms with Crippen LogP contribution in [0.5, 0.6) is 0 Å². The summed E-state index contributed by atoms with van der Waals surface area (Å²) >= 11 is 5.85. The van der Waals surface area contributed by atoms with Crippen molar-refractivity contribution in [2.75, 3.05) is 0 Å². The summed E-state index contributed by atoms with van der Waals surface area (Å²) in [5.74, 6) is -1.46. The molecule has 1 aliphatic rings. The lowest BCUT2D eigenvalue weighted by atomic mass is 9.78. The number of benzene rings is 1. The quantitative estimate of drug-likeness (QED) is 0.782. The lowest BCUT2D eigenvalue weighted by Gasteiger charge is -2.29. The van der Waals surface area contributed by atoms with Gasteiger partial charge in [0.05, 0.1) is 5.92 Å². The lowest BCUT2D eigenvalue weighted by molar-refractivity contribution is -0.184. The smallest absolute Gasteiger partial charge is 0.299 e. The molecule has 20 heavy (non-hydrogen) atoms. The van der Waals surface area contributed by atoms with Crippen molar-refractivity contribution in [1.29, 1.82) is 0 Å². The SMILES string of the molecule is O=C(Cc1cccc(Cl)c1)C1CCC(C(F)(F)F)CC1. The maximum absolute atomic E-state index is 12.6. The third kappa shape index (κ3) is 3.98. The number of rotatable bonds is 3. The zero-order valence-electron chi connectivity index (χ0n) is 10.9. The molecular formula is C15H16ClF3O. The number of carbonyl (C=O) groups is 1. The van der Waals surface area contributed by atoms with E-state index in [9.17, 15) is 18.0 Å². The Morgan fingerprint density at radius 1 is 1.20 bits per heavy atom. The van der Waals surface area contributed by atoms with Gasteiger partial charge in [-0.05, 0) is 43.4 Å². The zero-order chi connectivity index (χ0) is 14.8. The van der Waals surface area contributed by atoms with Gasteiger partial charge < -0.3 is 0 Å². The van der Waals surface area contributed by atoms with Crippen LogP contribution in [0.3, 0.4) is 0 Å².